The monoisotopic (exact) mass is 464 g/mol. The molecule has 3 rings (SSSR count). The summed E-state index contributed by atoms with van der Waals surface area (Å²) in [5.41, 5.74) is 2.03. The Labute approximate surface area is 197 Å². The van der Waals surface area contributed by atoms with E-state index < -0.39 is 30.1 Å². The molecule has 0 radical (unpaired) electrons. The van der Waals surface area contributed by atoms with Crippen LogP contribution in [0.2, 0.25) is 5.02 Å². The summed E-state index contributed by atoms with van der Waals surface area (Å²) in [4.78, 5) is 37.7. The molecule has 0 aliphatic heterocycles. The summed E-state index contributed by atoms with van der Waals surface area (Å²) in [7, 11) is 0. The summed E-state index contributed by atoms with van der Waals surface area (Å²) in [5, 5.41) is 5.82. The lowest BCUT2D eigenvalue weighted by molar-refractivity contribution is -0.149. The molecule has 2 atom stereocenters. The number of halogens is 1. The van der Waals surface area contributed by atoms with Gasteiger partial charge in [0.1, 0.15) is 6.04 Å². The molecule has 0 aliphatic rings. The highest BCUT2D eigenvalue weighted by Gasteiger charge is 2.26. The van der Waals surface area contributed by atoms with Gasteiger partial charge in [-0.1, -0.05) is 84.4 Å². The van der Waals surface area contributed by atoms with E-state index in [-0.39, 0.29) is 17.0 Å². The van der Waals surface area contributed by atoms with Crippen molar-refractivity contribution in [3.05, 3.63) is 107 Å². The molecule has 6 nitrogen and oxygen atoms in total. The normalized spacial score (nSPS) is 12.3. The highest BCUT2D eigenvalue weighted by Crippen LogP contribution is 2.15. The van der Waals surface area contributed by atoms with E-state index in [2.05, 4.69) is 10.6 Å². The number of carbonyl (C=O) groups excluding carboxylic acids is 3. The van der Waals surface area contributed by atoms with Gasteiger partial charge in [-0.05, 0) is 23.3 Å². The zero-order chi connectivity index (χ0) is 23.6. The first-order valence-corrected chi connectivity index (χ1v) is 10.9. The van der Waals surface area contributed by atoms with Crippen molar-refractivity contribution in [1.29, 1.82) is 0 Å². The van der Waals surface area contributed by atoms with Gasteiger partial charge in [0.15, 0.2) is 6.23 Å². The lowest BCUT2D eigenvalue weighted by Gasteiger charge is -2.24. The molecule has 0 unspecified atom stereocenters. The van der Waals surface area contributed by atoms with Crippen LogP contribution in [-0.2, 0) is 27.2 Å². The van der Waals surface area contributed by atoms with Gasteiger partial charge in [0, 0.05) is 19.8 Å². The topological polar surface area (TPSA) is 84.5 Å². The number of hydrogen-bond acceptors (Lipinski definition) is 4. The molecule has 3 aromatic rings. The predicted molar refractivity (Wildman–Crippen MR) is 127 cm³/mol. The van der Waals surface area contributed by atoms with Gasteiger partial charge in [-0.3, -0.25) is 14.4 Å². The average Bonchev–Trinajstić information content (AvgIpc) is 2.79. The van der Waals surface area contributed by atoms with Crippen LogP contribution in [0, 0.1) is 0 Å². The van der Waals surface area contributed by atoms with E-state index in [0.29, 0.717) is 6.42 Å². The van der Waals surface area contributed by atoms with Crippen LogP contribution in [0.15, 0.2) is 84.9 Å². The molecule has 0 saturated carbocycles. The molecule has 0 bridgehead atoms. The number of esters is 1. The van der Waals surface area contributed by atoms with Crippen molar-refractivity contribution in [1.82, 2.24) is 10.6 Å². The standard InChI is InChI=1S/C26H25ClN2O4/c1-18(30)33-24(17-20-12-6-3-7-13-20)29-26(32)23(16-19-10-4-2-5-11-19)28-25(31)21-14-8-9-15-22(21)27/h2-15,23-24H,16-17H2,1H3,(H,28,31)(H,29,32)/t23-,24+/m0/s1. The highest BCUT2D eigenvalue weighted by molar-refractivity contribution is 6.33. The molecule has 0 heterocycles. The number of ether oxygens (including phenoxy) is 1. The molecule has 7 heteroatoms. The molecule has 2 amide bonds. The minimum atomic E-state index is -0.912. The van der Waals surface area contributed by atoms with E-state index in [9.17, 15) is 14.4 Å². The lowest BCUT2D eigenvalue weighted by atomic mass is 10.0. The third-order valence-electron chi connectivity index (χ3n) is 4.90. The number of rotatable bonds is 9. The maximum Gasteiger partial charge on any atom is 0.304 e. The summed E-state index contributed by atoms with van der Waals surface area (Å²) >= 11 is 6.16. The van der Waals surface area contributed by atoms with Gasteiger partial charge >= 0.3 is 5.97 Å². The maximum atomic E-state index is 13.2. The van der Waals surface area contributed by atoms with Crippen LogP contribution in [0.3, 0.4) is 0 Å². The SMILES string of the molecule is CC(=O)O[C@H](Cc1ccccc1)NC(=O)[C@H](Cc1ccccc1)NC(=O)c1ccccc1Cl. The number of hydrogen-bond donors (Lipinski definition) is 2. The van der Waals surface area contributed by atoms with Crippen molar-refractivity contribution < 1.29 is 19.1 Å². The maximum absolute atomic E-state index is 13.2. The van der Waals surface area contributed by atoms with Crippen molar-refractivity contribution in [3.63, 3.8) is 0 Å². The van der Waals surface area contributed by atoms with Crippen molar-refractivity contribution in [3.8, 4) is 0 Å². The third-order valence-corrected chi connectivity index (χ3v) is 5.23. The minimum absolute atomic E-state index is 0.251. The Morgan fingerprint density at radius 1 is 0.788 bits per heavy atom. The van der Waals surface area contributed by atoms with Gasteiger partial charge in [0.05, 0.1) is 10.6 Å². The molecule has 33 heavy (non-hydrogen) atoms. The van der Waals surface area contributed by atoms with E-state index in [0.717, 1.165) is 11.1 Å². The summed E-state index contributed by atoms with van der Waals surface area (Å²) in [6.45, 7) is 1.28. The zero-order valence-corrected chi connectivity index (χ0v) is 18.9. The summed E-state index contributed by atoms with van der Waals surface area (Å²) in [5.74, 6) is -1.46. The Kier molecular flexibility index (Phi) is 8.61. The molecular formula is C26H25ClN2O4. The molecule has 3 aromatic carbocycles. The van der Waals surface area contributed by atoms with Crippen molar-refractivity contribution >= 4 is 29.4 Å². The fourth-order valence-corrected chi connectivity index (χ4v) is 3.57. The van der Waals surface area contributed by atoms with E-state index in [1.165, 1.54) is 6.92 Å². The summed E-state index contributed by atoms with van der Waals surface area (Å²) in [6.07, 6.45) is -0.336. The summed E-state index contributed by atoms with van der Waals surface area (Å²) < 4.78 is 5.33. The van der Waals surface area contributed by atoms with Crippen molar-refractivity contribution in [2.75, 3.05) is 0 Å². The van der Waals surface area contributed by atoms with Gasteiger partial charge in [0.25, 0.3) is 5.91 Å². The van der Waals surface area contributed by atoms with Crippen LogP contribution in [-0.4, -0.2) is 30.1 Å². The molecule has 0 aromatic heterocycles. The molecule has 170 valence electrons. The Hall–Kier alpha value is -3.64. The second kappa shape index (κ2) is 11.8. The van der Waals surface area contributed by atoms with E-state index >= 15 is 0 Å². The van der Waals surface area contributed by atoms with Crippen LogP contribution < -0.4 is 10.6 Å². The average molecular weight is 465 g/mol. The van der Waals surface area contributed by atoms with Gasteiger partial charge in [-0.2, -0.15) is 0 Å². The van der Waals surface area contributed by atoms with E-state index in [1.54, 1.807) is 24.3 Å². The molecule has 0 saturated heterocycles. The lowest BCUT2D eigenvalue weighted by Crippen LogP contribution is -2.52. The van der Waals surface area contributed by atoms with Crippen LogP contribution in [0.25, 0.3) is 0 Å². The first kappa shape index (κ1) is 24.0. The number of carbonyl (C=O) groups is 3. The Morgan fingerprint density at radius 2 is 1.33 bits per heavy atom. The fourth-order valence-electron chi connectivity index (χ4n) is 3.35. The van der Waals surface area contributed by atoms with Crippen molar-refractivity contribution in [2.24, 2.45) is 0 Å². The molecule has 0 spiro atoms. The Balaban J connectivity index is 1.79. The molecule has 0 aliphatic carbocycles. The zero-order valence-electron chi connectivity index (χ0n) is 18.2. The third kappa shape index (κ3) is 7.47. The predicted octanol–water partition coefficient (Wildman–Crippen LogP) is 3.93. The van der Waals surface area contributed by atoms with E-state index in [4.69, 9.17) is 16.3 Å². The fraction of sp³-hybridized carbons (Fsp3) is 0.192. The van der Waals surface area contributed by atoms with Crippen molar-refractivity contribution in [2.45, 2.75) is 32.0 Å². The van der Waals surface area contributed by atoms with Crippen LogP contribution in [0.5, 0.6) is 0 Å². The van der Waals surface area contributed by atoms with Crippen LogP contribution >= 0.6 is 11.6 Å². The quantitative estimate of drug-likeness (QED) is 0.371. The Morgan fingerprint density at radius 3 is 1.91 bits per heavy atom. The number of amides is 2. The van der Waals surface area contributed by atoms with Gasteiger partial charge < -0.3 is 15.4 Å². The first-order chi connectivity index (χ1) is 15.9. The molecule has 0 fully saturated rings. The van der Waals surface area contributed by atoms with Gasteiger partial charge in [-0.25, -0.2) is 0 Å². The number of benzene rings is 3. The Bertz CT molecular complexity index is 1090. The van der Waals surface area contributed by atoms with Gasteiger partial charge in [0.2, 0.25) is 5.91 Å². The van der Waals surface area contributed by atoms with Gasteiger partial charge in [-0.15, -0.1) is 0 Å². The molecular weight excluding hydrogens is 440 g/mol. The smallest absolute Gasteiger partial charge is 0.304 e. The van der Waals surface area contributed by atoms with Crippen LogP contribution in [0.1, 0.15) is 28.4 Å². The number of nitrogens with one attached hydrogen (secondary N) is 2. The molecule has 2 N–H and O–H groups in total. The largest absolute Gasteiger partial charge is 0.442 e. The highest BCUT2D eigenvalue weighted by atomic mass is 35.5. The van der Waals surface area contributed by atoms with Crippen LogP contribution in [0.4, 0.5) is 0 Å². The first-order valence-electron chi connectivity index (χ1n) is 10.5. The van der Waals surface area contributed by atoms with E-state index in [1.807, 2.05) is 60.7 Å². The summed E-state index contributed by atoms with van der Waals surface area (Å²) in [6, 6.07) is 24.4. The second-order valence-corrected chi connectivity index (χ2v) is 7.90. The minimum Gasteiger partial charge on any atom is -0.442 e. The second-order valence-electron chi connectivity index (χ2n) is 7.49.